The Labute approximate surface area is 101 Å². The number of rotatable bonds is 2. The van der Waals surface area contributed by atoms with E-state index in [1.165, 1.54) is 6.07 Å². The third kappa shape index (κ3) is 2.76. The van der Waals surface area contributed by atoms with Gasteiger partial charge in [0, 0.05) is 19.1 Å². The van der Waals surface area contributed by atoms with Crippen molar-refractivity contribution in [1.82, 2.24) is 0 Å². The van der Waals surface area contributed by atoms with Crippen LogP contribution >= 0.6 is 0 Å². The van der Waals surface area contributed by atoms with E-state index in [0.29, 0.717) is 31.6 Å². The molecule has 0 spiro atoms. The van der Waals surface area contributed by atoms with Gasteiger partial charge in [-0.05, 0) is 37.5 Å². The molecular weight excluding hydrogens is 219 g/mol. The normalized spacial score (nSPS) is 19.4. The molecule has 1 aliphatic rings. The van der Waals surface area contributed by atoms with Gasteiger partial charge in [0.2, 0.25) is 0 Å². The fraction of sp³-hybridized carbons (Fsp3) is 0.538. The highest BCUT2D eigenvalue weighted by Gasteiger charge is 2.19. The van der Waals surface area contributed by atoms with Gasteiger partial charge in [0.25, 0.3) is 0 Å². The van der Waals surface area contributed by atoms with Crippen LogP contribution in [0.25, 0.3) is 0 Å². The summed E-state index contributed by atoms with van der Waals surface area (Å²) in [4.78, 5) is 1.98. The molecular formula is C13H19FN2O. The number of nitrogens with zero attached hydrogens (tertiary/aromatic N) is 1. The van der Waals surface area contributed by atoms with E-state index in [9.17, 15) is 9.50 Å². The Kier molecular flexibility index (Phi) is 3.64. The molecule has 0 radical (unpaired) electrons. The van der Waals surface area contributed by atoms with Gasteiger partial charge < -0.3 is 15.7 Å². The number of hydrogen-bond acceptors (Lipinski definition) is 3. The number of halogens is 1. The Morgan fingerprint density at radius 3 is 2.59 bits per heavy atom. The fourth-order valence-electron chi connectivity index (χ4n) is 2.17. The van der Waals surface area contributed by atoms with Crippen molar-refractivity contribution in [2.75, 3.05) is 18.0 Å². The van der Waals surface area contributed by atoms with Gasteiger partial charge in [0.1, 0.15) is 5.82 Å². The predicted octanol–water partition coefficient (Wildman–Crippen LogP) is 1.81. The second-order valence-electron chi connectivity index (χ2n) is 4.72. The van der Waals surface area contributed by atoms with Gasteiger partial charge in [-0.1, -0.05) is 6.07 Å². The van der Waals surface area contributed by atoms with Crippen molar-refractivity contribution in [1.29, 1.82) is 0 Å². The molecule has 1 atom stereocenters. The Hall–Kier alpha value is -1.13. The zero-order chi connectivity index (χ0) is 12.4. The van der Waals surface area contributed by atoms with Crippen LogP contribution in [-0.4, -0.2) is 24.3 Å². The summed E-state index contributed by atoms with van der Waals surface area (Å²) in [7, 11) is 0. The standard InChI is InChI=1S/C13H19FN2O/c1-9(15)10-2-3-13(12(14)8-10)16-6-4-11(17)5-7-16/h2-3,8-9,11,17H,4-7,15H2,1H3/t9-/m0/s1. The molecule has 1 fully saturated rings. The van der Waals surface area contributed by atoms with Crippen LogP contribution in [0, 0.1) is 5.82 Å². The molecule has 0 aliphatic carbocycles. The third-order valence-corrected chi connectivity index (χ3v) is 3.30. The van der Waals surface area contributed by atoms with E-state index >= 15 is 0 Å². The van der Waals surface area contributed by atoms with E-state index in [-0.39, 0.29) is 18.0 Å². The zero-order valence-electron chi connectivity index (χ0n) is 10.1. The van der Waals surface area contributed by atoms with Gasteiger partial charge >= 0.3 is 0 Å². The number of benzene rings is 1. The number of anilines is 1. The molecule has 1 aliphatic heterocycles. The molecule has 1 aromatic rings. The van der Waals surface area contributed by atoms with E-state index in [4.69, 9.17) is 5.73 Å². The summed E-state index contributed by atoms with van der Waals surface area (Å²) in [5.74, 6) is -0.226. The molecule has 4 heteroatoms. The number of piperidine rings is 1. The molecule has 1 aromatic carbocycles. The lowest BCUT2D eigenvalue weighted by molar-refractivity contribution is 0.145. The number of aliphatic hydroxyl groups excluding tert-OH is 1. The first kappa shape index (κ1) is 12.3. The van der Waals surface area contributed by atoms with E-state index in [1.807, 2.05) is 17.9 Å². The van der Waals surface area contributed by atoms with E-state index < -0.39 is 0 Å². The Morgan fingerprint density at radius 2 is 2.06 bits per heavy atom. The summed E-state index contributed by atoms with van der Waals surface area (Å²) in [6, 6.07) is 5.01. The van der Waals surface area contributed by atoms with Crippen LogP contribution in [0.4, 0.5) is 10.1 Å². The first-order chi connectivity index (χ1) is 8.08. The van der Waals surface area contributed by atoms with Crippen LogP contribution in [-0.2, 0) is 0 Å². The maximum absolute atomic E-state index is 13.9. The second-order valence-corrected chi connectivity index (χ2v) is 4.72. The van der Waals surface area contributed by atoms with Gasteiger partial charge in [-0.2, -0.15) is 0 Å². The monoisotopic (exact) mass is 238 g/mol. The summed E-state index contributed by atoms with van der Waals surface area (Å²) >= 11 is 0. The smallest absolute Gasteiger partial charge is 0.146 e. The molecule has 1 heterocycles. The molecule has 0 bridgehead atoms. The minimum absolute atomic E-state index is 0.151. The first-order valence-electron chi connectivity index (χ1n) is 6.06. The third-order valence-electron chi connectivity index (χ3n) is 3.30. The van der Waals surface area contributed by atoms with Crippen molar-refractivity contribution in [3.63, 3.8) is 0 Å². The van der Waals surface area contributed by atoms with Crippen LogP contribution in [0.2, 0.25) is 0 Å². The average molecular weight is 238 g/mol. The topological polar surface area (TPSA) is 49.5 Å². The second kappa shape index (κ2) is 5.02. The largest absolute Gasteiger partial charge is 0.393 e. The van der Waals surface area contributed by atoms with Crippen molar-refractivity contribution in [2.24, 2.45) is 5.73 Å². The average Bonchev–Trinajstić information content (AvgIpc) is 2.30. The fourth-order valence-corrected chi connectivity index (χ4v) is 2.17. The maximum Gasteiger partial charge on any atom is 0.146 e. The van der Waals surface area contributed by atoms with Gasteiger partial charge in [0.05, 0.1) is 11.8 Å². The predicted molar refractivity (Wildman–Crippen MR) is 66.5 cm³/mol. The van der Waals surface area contributed by atoms with Crippen LogP contribution in [0.5, 0.6) is 0 Å². The van der Waals surface area contributed by atoms with Crippen LogP contribution in [0.15, 0.2) is 18.2 Å². The molecule has 17 heavy (non-hydrogen) atoms. The summed E-state index contributed by atoms with van der Waals surface area (Å²) < 4.78 is 13.9. The number of aliphatic hydroxyl groups is 1. The van der Waals surface area contributed by atoms with Gasteiger partial charge in [-0.25, -0.2) is 4.39 Å². The lowest BCUT2D eigenvalue weighted by Crippen LogP contribution is -2.36. The maximum atomic E-state index is 13.9. The minimum atomic E-state index is -0.238. The Bertz CT molecular complexity index is 387. The summed E-state index contributed by atoms with van der Waals surface area (Å²) in [5.41, 5.74) is 7.14. The van der Waals surface area contributed by atoms with E-state index in [2.05, 4.69) is 0 Å². The van der Waals surface area contributed by atoms with Crippen molar-refractivity contribution in [2.45, 2.75) is 31.9 Å². The van der Waals surface area contributed by atoms with Gasteiger partial charge in [-0.15, -0.1) is 0 Å². The highest BCUT2D eigenvalue weighted by atomic mass is 19.1. The zero-order valence-corrected chi connectivity index (χ0v) is 10.1. The van der Waals surface area contributed by atoms with Crippen molar-refractivity contribution >= 4 is 5.69 Å². The van der Waals surface area contributed by atoms with E-state index in [1.54, 1.807) is 6.07 Å². The minimum Gasteiger partial charge on any atom is -0.393 e. The SMILES string of the molecule is C[C@H](N)c1ccc(N2CCC(O)CC2)c(F)c1. The molecule has 2 rings (SSSR count). The highest BCUT2D eigenvalue weighted by Crippen LogP contribution is 2.25. The molecule has 94 valence electrons. The molecule has 0 unspecified atom stereocenters. The first-order valence-corrected chi connectivity index (χ1v) is 6.06. The van der Waals surface area contributed by atoms with Gasteiger partial charge in [-0.3, -0.25) is 0 Å². The molecule has 3 nitrogen and oxygen atoms in total. The highest BCUT2D eigenvalue weighted by molar-refractivity contribution is 5.50. The molecule has 1 saturated heterocycles. The summed E-state index contributed by atoms with van der Waals surface area (Å²) in [6.07, 6.45) is 1.17. The summed E-state index contributed by atoms with van der Waals surface area (Å²) in [5, 5.41) is 9.42. The van der Waals surface area contributed by atoms with E-state index in [0.717, 1.165) is 5.56 Å². The van der Waals surface area contributed by atoms with Gasteiger partial charge in [0.15, 0.2) is 0 Å². The van der Waals surface area contributed by atoms with Crippen LogP contribution in [0.3, 0.4) is 0 Å². The lowest BCUT2D eigenvalue weighted by Gasteiger charge is -2.31. The number of hydrogen-bond donors (Lipinski definition) is 2. The Balaban J connectivity index is 2.16. The molecule has 0 saturated carbocycles. The summed E-state index contributed by atoms with van der Waals surface area (Å²) in [6.45, 7) is 3.25. The molecule has 0 amide bonds. The van der Waals surface area contributed by atoms with Crippen molar-refractivity contribution in [3.05, 3.63) is 29.6 Å². The van der Waals surface area contributed by atoms with Crippen LogP contribution < -0.4 is 10.6 Å². The lowest BCUT2D eigenvalue weighted by atomic mass is 10.0. The molecule has 0 aromatic heterocycles. The van der Waals surface area contributed by atoms with Crippen LogP contribution in [0.1, 0.15) is 31.4 Å². The van der Waals surface area contributed by atoms with Crippen molar-refractivity contribution in [3.8, 4) is 0 Å². The van der Waals surface area contributed by atoms with Crippen molar-refractivity contribution < 1.29 is 9.50 Å². The quantitative estimate of drug-likeness (QED) is 0.826. The number of nitrogens with two attached hydrogens (primary N) is 1. The molecule has 3 N–H and O–H groups in total. The Morgan fingerprint density at radius 1 is 1.41 bits per heavy atom.